The molecule has 2 aliphatic rings. The average Bonchev–Trinajstić information content (AvgIpc) is 2.53. The number of fused-ring (bicyclic) bond motifs is 1. The SMILES string of the molecule is CS(=O)(=O)C1(C(=O)N2CCc3cc(Cl)cc(Cl)c3C2)CCNCC1.Cl. The van der Waals surface area contributed by atoms with Crippen LogP contribution in [0.1, 0.15) is 24.0 Å². The molecule has 0 aromatic heterocycles. The number of nitrogens with zero attached hydrogens (tertiary/aromatic N) is 1. The molecular weight excluding hydrogens is 407 g/mol. The topological polar surface area (TPSA) is 66.5 Å². The van der Waals surface area contributed by atoms with E-state index in [1.54, 1.807) is 11.0 Å². The fourth-order valence-electron chi connectivity index (χ4n) is 3.62. The molecule has 1 aromatic rings. The Bertz CT molecular complexity index is 777. The molecule has 1 fully saturated rings. The normalized spacial score (nSPS) is 19.7. The van der Waals surface area contributed by atoms with Crippen LogP contribution in [0.2, 0.25) is 10.0 Å². The Morgan fingerprint density at radius 1 is 1.24 bits per heavy atom. The largest absolute Gasteiger partial charge is 0.337 e. The molecule has 2 heterocycles. The predicted octanol–water partition coefficient (Wildman–Crippen LogP) is 2.47. The number of hydrogen-bond acceptors (Lipinski definition) is 4. The highest BCUT2D eigenvalue weighted by Gasteiger charge is 2.50. The minimum absolute atomic E-state index is 0. The third-order valence-corrected chi connectivity index (χ3v) is 7.61. The van der Waals surface area contributed by atoms with Crippen molar-refractivity contribution in [2.24, 2.45) is 0 Å². The number of halogens is 3. The van der Waals surface area contributed by atoms with Crippen molar-refractivity contribution in [1.29, 1.82) is 0 Å². The number of hydrogen-bond donors (Lipinski definition) is 1. The van der Waals surface area contributed by atoms with Crippen LogP contribution < -0.4 is 5.32 Å². The van der Waals surface area contributed by atoms with Crippen molar-refractivity contribution in [3.63, 3.8) is 0 Å². The van der Waals surface area contributed by atoms with Crippen molar-refractivity contribution < 1.29 is 13.2 Å². The van der Waals surface area contributed by atoms with Gasteiger partial charge in [-0.1, -0.05) is 23.2 Å². The maximum absolute atomic E-state index is 13.2. The van der Waals surface area contributed by atoms with Crippen LogP contribution in [0.5, 0.6) is 0 Å². The molecule has 140 valence electrons. The summed E-state index contributed by atoms with van der Waals surface area (Å²) in [5, 5.41) is 4.22. The Kier molecular flexibility index (Phi) is 6.32. The minimum atomic E-state index is -3.52. The standard InChI is InChI=1S/C16H20Cl2N2O3S.ClH/c1-24(22,23)16(3-5-19-6-4-16)15(21)20-7-2-11-8-12(17)9-14(18)13(11)10-20;/h8-9,19H,2-7,10H2,1H3;1H. The molecule has 3 rings (SSSR count). The summed E-state index contributed by atoms with van der Waals surface area (Å²) in [7, 11) is -3.52. The molecule has 0 radical (unpaired) electrons. The summed E-state index contributed by atoms with van der Waals surface area (Å²) in [5.41, 5.74) is 1.88. The lowest BCUT2D eigenvalue weighted by Crippen LogP contribution is -2.58. The number of sulfone groups is 1. The van der Waals surface area contributed by atoms with Gasteiger partial charge >= 0.3 is 0 Å². The van der Waals surface area contributed by atoms with Crippen molar-refractivity contribution in [3.8, 4) is 0 Å². The summed E-state index contributed by atoms with van der Waals surface area (Å²) in [5.74, 6) is -0.303. The van der Waals surface area contributed by atoms with Gasteiger partial charge in [0.05, 0.1) is 0 Å². The van der Waals surface area contributed by atoms with E-state index < -0.39 is 14.6 Å². The van der Waals surface area contributed by atoms with Gasteiger partial charge < -0.3 is 10.2 Å². The van der Waals surface area contributed by atoms with E-state index in [9.17, 15) is 13.2 Å². The smallest absolute Gasteiger partial charge is 0.244 e. The predicted molar refractivity (Wildman–Crippen MR) is 103 cm³/mol. The Morgan fingerprint density at radius 2 is 1.88 bits per heavy atom. The molecule has 0 atom stereocenters. The first-order valence-corrected chi connectivity index (χ1v) is 10.6. The van der Waals surface area contributed by atoms with Gasteiger partial charge in [-0.3, -0.25) is 4.79 Å². The van der Waals surface area contributed by atoms with Gasteiger partial charge in [-0.2, -0.15) is 0 Å². The van der Waals surface area contributed by atoms with Crippen molar-refractivity contribution in [3.05, 3.63) is 33.3 Å². The zero-order chi connectivity index (χ0) is 17.5. The van der Waals surface area contributed by atoms with Crippen LogP contribution in [-0.4, -0.2) is 49.9 Å². The van der Waals surface area contributed by atoms with E-state index in [2.05, 4.69) is 5.32 Å². The summed E-state index contributed by atoms with van der Waals surface area (Å²) < 4.78 is 23.5. The molecule has 0 aliphatic carbocycles. The van der Waals surface area contributed by atoms with Gasteiger partial charge in [0.15, 0.2) is 14.6 Å². The van der Waals surface area contributed by atoms with E-state index in [-0.39, 0.29) is 18.3 Å². The Labute approximate surface area is 164 Å². The minimum Gasteiger partial charge on any atom is -0.337 e. The van der Waals surface area contributed by atoms with E-state index >= 15 is 0 Å². The second kappa shape index (κ2) is 7.61. The number of carbonyl (C=O) groups is 1. The van der Waals surface area contributed by atoms with E-state index in [0.717, 1.165) is 11.1 Å². The summed E-state index contributed by atoms with van der Waals surface area (Å²) in [6.07, 6.45) is 2.41. The highest BCUT2D eigenvalue weighted by molar-refractivity contribution is 7.92. The maximum atomic E-state index is 13.2. The van der Waals surface area contributed by atoms with Gasteiger partial charge in [0, 0.05) is 29.4 Å². The number of piperidine rings is 1. The highest BCUT2D eigenvalue weighted by atomic mass is 35.5. The first-order chi connectivity index (χ1) is 11.2. The summed E-state index contributed by atoms with van der Waals surface area (Å²) in [6.45, 7) is 1.86. The van der Waals surface area contributed by atoms with Crippen LogP contribution in [-0.2, 0) is 27.6 Å². The molecule has 5 nitrogen and oxygen atoms in total. The summed E-state index contributed by atoms with van der Waals surface area (Å²) in [4.78, 5) is 14.8. The highest BCUT2D eigenvalue weighted by Crippen LogP contribution is 2.34. The molecule has 0 saturated carbocycles. The van der Waals surface area contributed by atoms with Crippen molar-refractivity contribution >= 4 is 51.4 Å². The van der Waals surface area contributed by atoms with Crippen molar-refractivity contribution in [2.75, 3.05) is 25.9 Å². The molecule has 25 heavy (non-hydrogen) atoms. The molecule has 1 aromatic carbocycles. The van der Waals surface area contributed by atoms with E-state index in [4.69, 9.17) is 23.2 Å². The molecule has 0 spiro atoms. The van der Waals surface area contributed by atoms with Crippen molar-refractivity contribution in [2.45, 2.75) is 30.6 Å². The van der Waals surface area contributed by atoms with Gasteiger partial charge in [0.2, 0.25) is 5.91 Å². The third kappa shape index (κ3) is 3.78. The lowest BCUT2D eigenvalue weighted by Gasteiger charge is -2.40. The zero-order valence-electron chi connectivity index (χ0n) is 13.8. The van der Waals surface area contributed by atoms with Gasteiger partial charge in [0.1, 0.15) is 0 Å². The quantitative estimate of drug-likeness (QED) is 0.787. The molecule has 1 amide bonds. The molecule has 9 heteroatoms. The number of nitrogens with one attached hydrogen (secondary N) is 1. The zero-order valence-corrected chi connectivity index (χ0v) is 17.0. The van der Waals surface area contributed by atoms with E-state index in [1.807, 2.05) is 6.07 Å². The first-order valence-electron chi connectivity index (χ1n) is 7.91. The monoisotopic (exact) mass is 426 g/mol. The number of amides is 1. The average molecular weight is 428 g/mol. The van der Waals surface area contributed by atoms with Gasteiger partial charge in [0.25, 0.3) is 0 Å². The molecule has 0 bridgehead atoms. The number of rotatable bonds is 2. The fraction of sp³-hybridized carbons (Fsp3) is 0.562. The Hall–Kier alpha value is -0.530. The number of carbonyl (C=O) groups excluding carboxylic acids is 1. The van der Waals surface area contributed by atoms with Crippen molar-refractivity contribution in [1.82, 2.24) is 10.2 Å². The second-order valence-electron chi connectivity index (χ2n) is 6.52. The molecule has 1 N–H and O–H groups in total. The van der Waals surface area contributed by atoms with Crippen LogP contribution in [0.25, 0.3) is 0 Å². The lowest BCUT2D eigenvalue weighted by atomic mass is 9.92. The van der Waals surface area contributed by atoms with Crippen LogP contribution >= 0.6 is 35.6 Å². The molecule has 0 unspecified atom stereocenters. The second-order valence-corrected chi connectivity index (χ2v) is 9.69. The van der Waals surface area contributed by atoms with Gasteiger partial charge in [-0.15, -0.1) is 12.4 Å². The molecule has 2 aliphatic heterocycles. The summed E-state index contributed by atoms with van der Waals surface area (Å²) in [6, 6.07) is 3.52. The van der Waals surface area contributed by atoms with Crippen LogP contribution in [0.4, 0.5) is 0 Å². The van der Waals surface area contributed by atoms with Crippen LogP contribution in [0, 0.1) is 0 Å². The van der Waals surface area contributed by atoms with E-state index in [0.29, 0.717) is 55.5 Å². The van der Waals surface area contributed by atoms with Gasteiger partial charge in [-0.05, 0) is 55.6 Å². The first kappa shape index (κ1) is 20.8. The van der Waals surface area contributed by atoms with Gasteiger partial charge in [-0.25, -0.2) is 8.42 Å². The van der Waals surface area contributed by atoms with Crippen LogP contribution in [0.15, 0.2) is 12.1 Å². The Morgan fingerprint density at radius 3 is 2.48 bits per heavy atom. The number of benzene rings is 1. The molecule has 1 saturated heterocycles. The summed E-state index contributed by atoms with van der Waals surface area (Å²) >= 11 is 12.3. The fourth-order valence-corrected chi connectivity index (χ4v) is 5.60. The lowest BCUT2D eigenvalue weighted by molar-refractivity contribution is -0.135. The van der Waals surface area contributed by atoms with E-state index in [1.165, 1.54) is 6.26 Å². The van der Waals surface area contributed by atoms with Crippen LogP contribution in [0.3, 0.4) is 0 Å². The molecular formula is C16H21Cl3N2O3S. The Balaban J connectivity index is 0.00000225. The maximum Gasteiger partial charge on any atom is 0.244 e. The third-order valence-electron chi connectivity index (χ3n) is 5.05.